The van der Waals surface area contributed by atoms with Gasteiger partial charge in [0.1, 0.15) is 46.7 Å². The Hall–Kier alpha value is -6.94. The number of pyridine rings is 2. The number of para-hydroxylation sites is 2. The normalized spacial score (nSPS) is 10.6. The number of aromatic hydroxyl groups is 1. The number of rotatable bonds is 7. The first-order valence-corrected chi connectivity index (χ1v) is 15.2. The molecule has 4 aromatic carbocycles. The van der Waals surface area contributed by atoms with E-state index >= 15 is 0 Å². The molecule has 1 N–H and O–H groups in total. The maximum atomic E-state index is 10.1. The maximum absolute atomic E-state index is 10.1. The summed E-state index contributed by atoms with van der Waals surface area (Å²) in [5.74, 6) is 3.38. The molecular weight excluding hydrogens is 616 g/mol. The molecule has 10 nitrogen and oxygen atoms in total. The first kappa shape index (κ1) is 30.7. The van der Waals surface area contributed by atoms with Crippen molar-refractivity contribution >= 4 is 21.8 Å². The average molecular weight is 645 g/mol. The summed E-state index contributed by atoms with van der Waals surface area (Å²) in [7, 11) is 1.63. The van der Waals surface area contributed by atoms with Gasteiger partial charge in [-0.25, -0.2) is 29.9 Å². The van der Waals surface area contributed by atoms with E-state index in [1.807, 2.05) is 97.1 Å². The van der Waals surface area contributed by atoms with E-state index in [-0.39, 0.29) is 5.75 Å². The van der Waals surface area contributed by atoms with Crippen LogP contribution in [0.15, 0.2) is 147 Å². The van der Waals surface area contributed by atoms with Crippen LogP contribution in [0.1, 0.15) is 0 Å². The highest BCUT2D eigenvalue weighted by Gasteiger charge is 2.10. The van der Waals surface area contributed by atoms with Gasteiger partial charge in [0, 0.05) is 58.8 Å². The van der Waals surface area contributed by atoms with Gasteiger partial charge < -0.3 is 19.3 Å². The van der Waals surface area contributed by atoms with E-state index in [0.717, 1.165) is 50.0 Å². The second-order valence-electron chi connectivity index (χ2n) is 10.7. The SMILES string of the molecule is COc1cc(-c2ccc(Oc3ccccc3)nc2)cc2cncnc12.Oc1cc(-c2ccc(Oc3ccccc3)nc2)cc2cncnc12. The molecule has 0 amide bonds. The van der Waals surface area contributed by atoms with Crippen molar-refractivity contribution in [1.29, 1.82) is 0 Å². The van der Waals surface area contributed by atoms with Crippen LogP contribution < -0.4 is 14.2 Å². The Morgan fingerprint density at radius 2 is 1.00 bits per heavy atom. The minimum Gasteiger partial charge on any atom is -0.506 e. The van der Waals surface area contributed by atoms with E-state index in [1.54, 1.807) is 44.0 Å². The lowest BCUT2D eigenvalue weighted by molar-refractivity contribution is 0.419. The van der Waals surface area contributed by atoms with E-state index in [0.29, 0.717) is 23.0 Å². The molecule has 4 heterocycles. The molecule has 0 radical (unpaired) electrons. The number of hydrogen-bond acceptors (Lipinski definition) is 10. The summed E-state index contributed by atoms with van der Waals surface area (Å²) in [5, 5.41) is 11.8. The average Bonchev–Trinajstić information content (AvgIpc) is 3.16. The Morgan fingerprint density at radius 3 is 1.51 bits per heavy atom. The third kappa shape index (κ3) is 7.23. The Balaban J connectivity index is 0.000000154. The number of hydrogen-bond donors (Lipinski definition) is 1. The van der Waals surface area contributed by atoms with Gasteiger partial charge in [0.05, 0.1) is 7.11 Å². The first-order valence-electron chi connectivity index (χ1n) is 15.2. The lowest BCUT2D eigenvalue weighted by Gasteiger charge is -2.09. The van der Waals surface area contributed by atoms with Gasteiger partial charge in [-0.3, -0.25) is 0 Å². The zero-order valence-corrected chi connectivity index (χ0v) is 26.2. The van der Waals surface area contributed by atoms with Gasteiger partial charge in [0.15, 0.2) is 0 Å². The highest BCUT2D eigenvalue weighted by molar-refractivity contribution is 5.90. The number of phenols is 1. The second-order valence-corrected chi connectivity index (χ2v) is 10.7. The van der Waals surface area contributed by atoms with Crippen LogP contribution in [-0.2, 0) is 0 Å². The second kappa shape index (κ2) is 14.2. The minimum absolute atomic E-state index is 0.120. The molecule has 0 bridgehead atoms. The summed E-state index contributed by atoms with van der Waals surface area (Å²) >= 11 is 0. The summed E-state index contributed by atoms with van der Waals surface area (Å²) in [5.41, 5.74) is 4.98. The fourth-order valence-corrected chi connectivity index (χ4v) is 5.09. The van der Waals surface area contributed by atoms with Crippen molar-refractivity contribution in [3.63, 3.8) is 0 Å². The van der Waals surface area contributed by atoms with Crippen molar-refractivity contribution in [3.05, 3.63) is 147 Å². The molecule has 0 unspecified atom stereocenters. The first-order chi connectivity index (χ1) is 24.1. The van der Waals surface area contributed by atoms with Crippen LogP contribution in [0.5, 0.6) is 34.8 Å². The van der Waals surface area contributed by atoms with Gasteiger partial charge >= 0.3 is 0 Å². The number of fused-ring (bicyclic) bond motifs is 2. The van der Waals surface area contributed by atoms with E-state index in [2.05, 4.69) is 29.9 Å². The van der Waals surface area contributed by atoms with Crippen LogP contribution >= 0.6 is 0 Å². The van der Waals surface area contributed by atoms with Crippen molar-refractivity contribution in [2.75, 3.05) is 7.11 Å². The van der Waals surface area contributed by atoms with Crippen molar-refractivity contribution < 1.29 is 19.3 Å². The smallest absolute Gasteiger partial charge is 0.219 e. The molecule has 4 aromatic heterocycles. The molecule has 0 saturated heterocycles. The number of nitrogens with zero attached hydrogens (tertiary/aromatic N) is 6. The maximum Gasteiger partial charge on any atom is 0.219 e. The monoisotopic (exact) mass is 644 g/mol. The number of aromatic nitrogens is 6. The predicted molar refractivity (Wildman–Crippen MR) is 187 cm³/mol. The van der Waals surface area contributed by atoms with Crippen molar-refractivity contribution in [2.45, 2.75) is 0 Å². The summed E-state index contributed by atoms with van der Waals surface area (Å²) in [6.45, 7) is 0. The lowest BCUT2D eigenvalue weighted by Crippen LogP contribution is -1.91. The van der Waals surface area contributed by atoms with Gasteiger partial charge in [0.2, 0.25) is 11.8 Å². The van der Waals surface area contributed by atoms with E-state index in [1.165, 1.54) is 12.7 Å². The molecule has 0 atom stereocenters. The number of methoxy groups -OCH3 is 1. The molecule has 0 fully saturated rings. The summed E-state index contributed by atoms with van der Waals surface area (Å²) in [6, 6.07) is 34.1. The number of benzene rings is 4. The molecule has 8 rings (SSSR count). The highest BCUT2D eigenvalue weighted by Crippen LogP contribution is 2.32. The molecule has 49 heavy (non-hydrogen) atoms. The van der Waals surface area contributed by atoms with Crippen LogP contribution in [0.25, 0.3) is 44.1 Å². The third-order valence-corrected chi connectivity index (χ3v) is 7.45. The molecule has 0 aliphatic rings. The molecule has 8 aromatic rings. The van der Waals surface area contributed by atoms with Crippen LogP contribution in [0, 0.1) is 0 Å². The molecular formula is C39H28N6O4. The van der Waals surface area contributed by atoms with E-state index < -0.39 is 0 Å². The van der Waals surface area contributed by atoms with Crippen LogP contribution in [-0.4, -0.2) is 42.1 Å². The molecule has 0 aliphatic heterocycles. The number of ether oxygens (including phenoxy) is 3. The Kier molecular flexibility index (Phi) is 8.91. The Morgan fingerprint density at radius 1 is 0.490 bits per heavy atom. The van der Waals surface area contributed by atoms with E-state index in [4.69, 9.17) is 14.2 Å². The van der Waals surface area contributed by atoms with Crippen molar-refractivity contribution in [2.24, 2.45) is 0 Å². The summed E-state index contributed by atoms with van der Waals surface area (Å²) in [4.78, 5) is 25.1. The van der Waals surface area contributed by atoms with Crippen LogP contribution in [0.4, 0.5) is 0 Å². The Labute approximate surface area is 281 Å². The zero-order chi connectivity index (χ0) is 33.4. The molecule has 0 aliphatic carbocycles. The summed E-state index contributed by atoms with van der Waals surface area (Å²) < 4.78 is 16.9. The molecule has 238 valence electrons. The van der Waals surface area contributed by atoms with Gasteiger partial charge in [-0.1, -0.05) is 36.4 Å². The highest BCUT2D eigenvalue weighted by atomic mass is 16.5. The minimum atomic E-state index is 0.120. The van der Waals surface area contributed by atoms with Gasteiger partial charge in [-0.15, -0.1) is 0 Å². The zero-order valence-electron chi connectivity index (χ0n) is 26.2. The quantitative estimate of drug-likeness (QED) is 0.180. The van der Waals surface area contributed by atoms with Gasteiger partial charge in [-0.2, -0.15) is 0 Å². The van der Waals surface area contributed by atoms with Gasteiger partial charge in [0.25, 0.3) is 0 Å². The third-order valence-electron chi connectivity index (χ3n) is 7.45. The van der Waals surface area contributed by atoms with Crippen molar-refractivity contribution in [3.8, 4) is 57.0 Å². The van der Waals surface area contributed by atoms with E-state index in [9.17, 15) is 5.11 Å². The summed E-state index contributed by atoms with van der Waals surface area (Å²) in [6.07, 6.45) is 9.87. The molecule has 0 saturated carbocycles. The Bertz CT molecular complexity index is 2320. The topological polar surface area (TPSA) is 125 Å². The predicted octanol–water partition coefficient (Wildman–Crippen LogP) is 8.68. The molecule has 10 heteroatoms. The lowest BCUT2D eigenvalue weighted by atomic mass is 10.0. The largest absolute Gasteiger partial charge is 0.506 e. The fourth-order valence-electron chi connectivity index (χ4n) is 5.09. The fraction of sp³-hybridized carbons (Fsp3) is 0.0256. The van der Waals surface area contributed by atoms with Gasteiger partial charge in [-0.05, 0) is 71.8 Å². The van der Waals surface area contributed by atoms with Crippen molar-refractivity contribution in [1.82, 2.24) is 29.9 Å². The van der Waals surface area contributed by atoms with Crippen LogP contribution in [0.3, 0.4) is 0 Å². The van der Waals surface area contributed by atoms with Crippen LogP contribution in [0.2, 0.25) is 0 Å². The number of phenolic OH excluding ortho intramolecular Hbond substituents is 1. The molecule has 0 spiro atoms. The standard InChI is InChI=1S/C20H15N3O2.C19H13N3O2/c1-24-18-10-15(9-16-11-21-13-23-20(16)18)14-7-8-19(22-12-14)25-17-5-3-2-4-6-17;23-17-9-14(8-15-10-20-12-22-19(15)17)13-6-7-18(21-11-13)24-16-4-2-1-3-5-16/h2-13H,1H3;1-12,23H.